The summed E-state index contributed by atoms with van der Waals surface area (Å²) in [4.78, 5) is 12.9. The van der Waals surface area contributed by atoms with Crippen molar-refractivity contribution in [3.05, 3.63) is 46.7 Å². The number of benzene rings is 1. The predicted molar refractivity (Wildman–Crippen MR) is 79.4 cm³/mol. The molecule has 0 spiro atoms. The standard InChI is InChI=1S/C15H17NO3S/c1-11(14-7-4-8-20-14)16-15(17)10-19-13-6-3-5-12(9-13)18-2/h3-9,11H,10H2,1-2H3,(H,16,17). The van der Waals surface area contributed by atoms with Crippen molar-refractivity contribution in [2.45, 2.75) is 13.0 Å². The van der Waals surface area contributed by atoms with Gasteiger partial charge in [-0.2, -0.15) is 0 Å². The molecule has 1 unspecified atom stereocenters. The van der Waals surface area contributed by atoms with Gasteiger partial charge in [0.05, 0.1) is 13.2 Å². The zero-order valence-electron chi connectivity index (χ0n) is 11.5. The number of hydrogen-bond acceptors (Lipinski definition) is 4. The number of rotatable bonds is 6. The number of carbonyl (C=O) groups is 1. The van der Waals surface area contributed by atoms with E-state index in [2.05, 4.69) is 5.32 Å². The second-order valence-electron chi connectivity index (χ2n) is 4.27. The Balaban J connectivity index is 1.83. The molecule has 5 heteroatoms. The zero-order chi connectivity index (χ0) is 14.4. The van der Waals surface area contributed by atoms with Gasteiger partial charge in [0.1, 0.15) is 11.5 Å². The molecule has 0 bridgehead atoms. The van der Waals surface area contributed by atoms with E-state index >= 15 is 0 Å². The van der Waals surface area contributed by atoms with Gasteiger partial charge in [-0.3, -0.25) is 4.79 Å². The van der Waals surface area contributed by atoms with Gasteiger partial charge in [-0.15, -0.1) is 11.3 Å². The number of methoxy groups -OCH3 is 1. The van der Waals surface area contributed by atoms with Crippen LogP contribution < -0.4 is 14.8 Å². The van der Waals surface area contributed by atoms with Gasteiger partial charge in [-0.25, -0.2) is 0 Å². The minimum Gasteiger partial charge on any atom is -0.497 e. The summed E-state index contributed by atoms with van der Waals surface area (Å²) in [5, 5.41) is 4.89. The molecule has 1 amide bonds. The number of ether oxygens (including phenoxy) is 2. The van der Waals surface area contributed by atoms with Crippen molar-refractivity contribution in [1.82, 2.24) is 5.32 Å². The Labute approximate surface area is 122 Å². The smallest absolute Gasteiger partial charge is 0.258 e. The molecule has 106 valence electrons. The second-order valence-corrected chi connectivity index (χ2v) is 5.25. The molecule has 1 heterocycles. The van der Waals surface area contributed by atoms with Crippen molar-refractivity contribution in [2.24, 2.45) is 0 Å². The second kappa shape index (κ2) is 6.96. The first-order valence-corrected chi connectivity index (χ1v) is 7.16. The van der Waals surface area contributed by atoms with Gasteiger partial charge in [-0.05, 0) is 30.5 Å². The number of nitrogens with one attached hydrogen (secondary N) is 1. The molecule has 0 aliphatic heterocycles. The van der Waals surface area contributed by atoms with Crippen LogP contribution in [0.2, 0.25) is 0 Å². The molecule has 1 N–H and O–H groups in total. The maximum atomic E-state index is 11.8. The lowest BCUT2D eigenvalue weighted by molar-refractivity contribution is -0.123. The molecule has 2 aromatic rings. The van der Waals surface area contributed by atoms with Gasteiger partial charge in [0, 0.05) is 10.9 Å². The summed E-state index contributed by atoms with van der Waals surface area (Å²) in [6.45, 7) is 1.94. The van der Waals surface area contributed by atoms with E-state index in [0.717, 1.165) is 4.88 Å². The Hall–Kier alpha value is -2.01. The topological polar surface area (TPSA) is 47.6 Å². The van der Waals surface area contributed by atoms with E-state index in [9.17, 15) is 4.79 Å². The third-order valence-corrected chi connectivity index (χ3v) is 3.81. The van der Waals surface area contributed by atoms with Crippen LogP contribution in [-0.4, -0.2) is 19.6 Å². The van der Waals surface area contributed by atoms with Crippen LogP contribution in [0.3, 0.4) is 0 Å². The molecule has 20 heavy (non-hydrogen) atoms. The fraction of sp³-hybridized carbons (Fsp3) is 0.267. The molecule has 1 aromatic heterocycles. The SMILES string of the molecule is COc1cccc(OCC(=O)NC(C)c2cccs2)c1. The molecule has 0 radical (unpaired) electrons. The first-order chi connectivity index (χ1) is 9.69. The Morgan fingerprint density at radius 1 is 1.30 bits per heavy atom. The summed E-state index contributed by atoms with van der Waals surface area (Å²) in [5.41, 5.74) is 0. The van der Waals surface area contributed by atoms with E-state index in [1.54, 1.807) is 30.6 Å². The Morgan fingerprint density at radius 2 is 2.10 bits per heavy atom. The highest BCUT2D eigenvalue weighted by atomic mass is 32.1. The number of hydrogen-bond donors (Lipinski definition) is 1. The Bertz CT molecular complexity index is 554. The van der Waals surface area contributed by atoms with Gasteiger partial charge in [0.25, 0.3) is 5.91 Å². The summed E-state index contributed by atoms with van der Waals surface area (Å²) >= 11 is 1.62. The number of thiophene rings is 1. The number of carbonyl (C=O) groups excluding carboxylic acids is 1. The van der Waals surface area contributed by atoms with Crippen LogP contribution in [0.15, 0.2) is 41.8 Å². The highest BCUT2D eigenvalue weighted by Gasteiger charge is 2.10. The van der Waals surface area contributed by atoms with E-state index in [-0.39, 0.29) is 18.6 Å². The van der Waals surface area contributed by atoms with Crippen LogP contribution in [0.5, 0.6) is 11.5 Å². The van der Waals surface area contributed by atoms with Crippen molar-refractivity contribution in [3.8, 4) is 11.5 Å². The Kier molecular flexibility index (Phi) is 5.01. The van der Waals surface area contributed by atoms with E-state index in [4.69, 9.17) is 9.47 Å². The minimum atomic E-state index is -0.145. The normalized spacial score (nSPS) is 11.7. The third kappa shape index (κ3) is 3.99. The van der Waals surface area contributed by atoms with Crippen molar-refractivity contribution >= 4 is 17.2 Å². The van der Waals surface area contributed by atoms with E-state index in [1.165, 1.54) is 0 Å². The predicted octanol–water partition coefficient (Wildman–Crippen LogP) is 3.01. The monoisotopic (exact) mass is 291 g/mol. The quantitative estimate of drug-likeness (QED) is 0.890. The maximum Gasteiger partial charge on any atom is 0.258 e. The molecule has 0 aliphatic carbocycles. The van der Waals surface area contributed by atoms with Gasteiger partial charge >= 0.3 is 0 Å². The summed E-state index contributed by atoms with van der Waals surface area (Å²) in [5.74, 6) is 1.17. The van der Waals surface area contributed by atoms with Gasteiger partial charge in [0.2, 0.25) is 0 Å². The molecule has 0 saturated heterocycles. The largest absolute Gasteiger partial charge is 0.497 e. The molecule has 0 saturated carbocycles. The molecule has 0 fully saturated rings. The highest BCUT2D eigenvalue weighted by molar-refractivity contribution is 7.10. The van der Waals surface area contributed by atoms with Gasteiger partial charge < -0.3 is 14.8 Å². The molecular weight excluding hydrogens is 274 g/mol. The fourth-order valence-corrected chi connectivity index (χ4v) is 2.47. The lowest BCUT2D eigenvalue weighted by Crippen LogP contribution is -2.30. The third-order valence-electron chi connectivity index (χ3n) is 2.76. The molecule has 4 nitrogen and oxygen atoms in total. The van der Waals surface area contributed by atoms with E-state index in [1.807, 2.05) is 36.6 Å². The van der Waals surface area contributed by atoms with Gasteiger partial charge in [-0.1, -0.05) is 12.1 Å². The average molecular weight is 291 g/mol. The van der Waals surface area contributed by atoms with Gasteiger partial charge in [0.15, 0.2) is 6.61 Å². The molecule has 2 rings (SSSR count). The molecular formula is C15H17NO3S. The van der Waals surface area contributed by atoms with Crippen molar-refractivity contribution < 1.29 is 14.3 Å². The summed E-state index contributed by atoms with van der Waals surface area (Å²) in [6.07, 6.45) is 0. The zero-order valence-corrected chi connectivity index (χ0v) is 12.3. The van der Waals surface area contributed by atoms with E-state index < -0.39 is 0 Å². The minimum absolute atomic E-state index is 0.00332. The molecule has 0 aliphatic rings. The number of amides is 1. The van der Waals surface area contributed by atoms with E-state index in [0.29, 0.717) is 11.5 Å². The summed E-state index contributed by atoms with van der Waals surface area (Å²) in [7, 11) is 1.59. The maximum absolute atomic E-state index is 11.8. The summed E-state index contributed by atoms with van der Waals surface area (Å²) < 4.78 is 10.5. The lowest BCUT2D eigenvalue weighted by Gasteiger charge is -2.13. The van der Waals surface area contributed by atoms with Crippen molar-refractivity contribution in [3.63, 3.8) is 0 Å². The highest BCUT2D eigenvalue weighted by Crippen LogP contribution is 2.19. The van der Waals surface area contributed by atoms with Crippen LogP contribution in [-0.2, 0) is 4.79 Å². The first-order valence-electron chi connectivity index (χ1n) is 6.28. The Morgan fingerprint density at radius 3 is 2.80 bits per heavy atom. The molecule has 1 atom stereocenters. The van der Waals surface area contributed by atoms with Crippen LogP contribution in [0.1, 0.15) is 17.8 Å². The lowest BCUT2D eigenvalue weighted by atomic mass is 10.3. The fourth-order valence-electron chi connectivity index (χ4n) is 1.73. The first kappa shape index (κ1) is 14.4. The summed E-state index contributed by atoms with van der Waals surface area (Å²) in [6, 6.07) is 11.1. The van der Waals surface area contributed by atoms with Crippen LogP contribution >= 0.6 is 11.3 Å². The van der Waals surface area contributed by atoms with Crippen LogP contribution in [0.4, 0.5) is 0 Å². The van der Waals surface area contributed by atoms with Crippen molar-refractivity contribution in [1.29, 1.82) is 0 Å². The van der Waals surface area contributed by atoms with Crippen LogP contribution in [0.25, 0.3) is 0 Å². The van der Waals surface area contributed by atoms with Crippen LogP contribution in [0, 0.1) is 0 Å². The van der Waals surface area contributed by atoms with Crippen molar-refractivity contribution in [2.75, 3.05) is 13.7 Å². The average Bonchev–Trinajstić information content (AvgIpc) is 2.99. The molecule has 1 aromatic carbocycles.